The molecule has 0 radical (unpaired) electrons. The van der Waals surface area contributed by atoms with E-state index in [4.69, 9.17) is 4.74 Å². The summed E-state index contributed by atoms with van der Waals surface area (Å²) >= 11 is 3.30. The number of benzene rings is 1. The summed E-state index contributed by atoms with van der Waals surface area (Å²) in [6.45, 7) is 7.00. The molecule has 0 fully saturated rings. The first-order valence-corrected chi connectivity index (χ1v) is 8.81. The SMILES string of the molecule is CCOC(=O)CC(C)(C)NS(=O)(=O)c1ccc(Br)cc1C. The lowest BCUT2D eigenvalue weighted by molar-refractivity contribution is -0.144. The molecular formula is C14H20BrNO4S. The third kappa shape index (κ3) is 5.41. The van der Waals surface area contributed by atoms with Crippen molar-refractivity contribution in [3.05, 3.63) is 28.2 Å². The largest absolute Gasteiger partial charge is 0.466 e. The zero-order chi connectivity index (χ0) is 16.3. The van der Waals surface area contributed by atoms with Crippen molar-refractivity contribution in [3.8, 4) is 0 Å². The van der Waals surface area contributed by atoms with Gasteiger partial charge in [-0.25, -0.2) is 13.1 Å². The van der Waals surface area contributed by atoms with E-state index in [9.17, 15) is 13.2 Å². The highest BCUT2D eigenvalue weighted by atomic mass is 79.9. The highest BCUT2D eigenvalue weighted by molar-refractivity contribution is 9.10. The molecule has 0 aliphatic rings. The Morgan fingerprint density at radius 1 is 1.38 bits per heavy atom. The van der Waals surface area contributed by atoms with E-state index in [-0.39, 0.29) is 17.9 Å². The van der Waals surface area contributed by atoms with Gasteiger partial charge < -0.3 is 4.74 Å². The molecule has 0 spiro atoms. The van der Waals surface area contributed by atoms with E-state index >= 15 is 0 Å². The van der Waals surface area contributed by atoms with Crippen LogP contribution >= 0.6 is 15.9 Å². The monoisotopic (exact) mass is 377 g/mol. The van der Waals surface area contributed by atoms with Gasteiger partial charge in [-0.15, -0.1) is 0 Å². The van der Waals surface area contributed by atoms with Crippen molar-refractivity contribution in [1.82, 2.24) is 4.72 Å². The lowest BCUT2D eigenvalue weighted by Gasteiger charge is -2.25. The zero-order valence-electron chi connectivity index (χ0n) is 12.6. The van der Waals surface area contributed by atoms with E-state index in [0.29, 0.717) is 5.56 Å². The van der Waals surface area contributed by atoms with Gasteiger partial charge in [0, 0.05) is 10.0 Å². The standard InChI is InChI=1S/C14H20BrNO4S/c1-5-20-13(17)9-14(3,4)16-21(18,19)12-7-6-11(15)8-10(12)2/h6-8,16H,5,9H2,1-4H3. The third-order valence-electron chi connectivity index (χ3n) is 2.73. The summed E-state index contributed by atoms with van der Waals surface area (Å²) in [6, 6.07) is 4.93. The summed E-state index contributed by atoms with van der Waals surface area (Å²) in [7, 11) is -3.70. The molecule has 5 nitrogen and oxygen atoms in total. The normalized spacial score (nSPS) is 12.2. The lowest BCUT2D eigenvalue weighted by atomic mass is 10.0. The van der Waals surface area contributed by atoms with Crippen molar-refractivity contribution in [3.63, 3.8) is 0 Å². The van der Waals surface area contributed by atoms with E-state index in [1.807, 2.05) is 0 Å². The molecule has 0 amide bonds. The summed E-state index contributed by atoms with van der Waals surface area (Å²) in [5, 5.41) is 0. The van der Waals surface area contributed by atoms with E-state index in [1.165, 1.54) is 6.07 Å². The Balaban J connectivity index is 2.96. The first kappa shape index (κ1) is 18.1. The van der Waals surface area contributed by atoms with Crippen molar-refractivity contribution < 1.29 is 17.9 Å². The van der Waals surface area contributed by atoms with Gasteiger partial charge in [0.1, 0.15) is 0 Å². The van der Waals surface area contributed by atoms with Crippen molar-refractivity contribution in [2.24, 2.45) is 0 Å². The first-order valence-electron chi connectivity index (χ1n) is 6.53. The molecule has 0 saturated heterocycles. The molecule has 0 aliphatic heterocycles. The number of aryl methyl sites for hydroxylation is 1. The van der Waals surface area contributed by atoms with Crippen LogP contribution in [0.15, 0.2) is 27.6 Å². The van der Waals surface area contributed by atoms with E-state index in [1.54, 1.807) is 39.8 Å². The molecule has 0 heterocycles. The Labute approximate surface area is 134 Å². The van der Waals surface area contributed by atoms with Crippen LogP contribution in [0.3, 0.4) is 0 Å². The number of carbonyl (C=O) groups excluding carboxylic acids is 1. The van der Waals surface area contributed by atoms with Crippen LogP contribution in [0.25, 0.3) is 0 Å². The number of nitrogens with one attached hydrogen (secondary N) is 1. The minimum atomic E-state index is -3.70. The minimum Gasteiger partial charge on any atom is -0.466 e. The second kappa shape index (κ2) is 6.89. The second-order valence-corrected chi connectivity index (χ2v) is 7.95. The third-order valence-corrected chi connectivity index (χ3v) is 5.08. The van der Waals surface area contributed by atoms with Gasteiger partial charge in [0.2, 0.25) is 10.0 Å². The van der Waals surface area contributed by atoms with Crippen LogP contribution in [0.2, 0.25) is 0 Å². The predicted molar refractivity (Wildman–Crippen MR) is 84.5 cm³/mol. The van der Waals surface area contributed by atoms with E-state index in [2.05, 4.69) is 20.7 Å². The molecule has 0 aliphatic carbocycles. The molecule has 1 aromatic carbocycles. The van der Waals surface area contributed by atoms with Crippen molar-refractivity contribution >= 4 is 31.9 Å². The van der Waals surface area contributed by atoms with Crippen LogP contribution in [0.5, 0.6) is 0 Å². The Morgan fingerprint density at radius 3 is 2.52 bits per heavy atom. The maximum absolute atomic E-state index is 12.4. The number of halogens is 1. The van der Waals surface area contributed by atoms with E-state index in [0.717, 1.165) is 4.47 Å². The average molecular weight is 378 g/mol. The van der Waals surface area contributed by atoms with Crippen LogP contribution in [0.1, 0.15) is 32.8 Å². The van der Waals surface area contributed by atoms with Crippen molar-refractivity contribution in [1.29, 1.82) is 0 Å². The summed E-state index contributed by atoms with van der Waals surface area (Å²) in [5.41, 5.74) is -0.297. The maximum atomic E-state index is 12.4. The fourth-order valence-electron chi connectivity index (χ4n) is 1.94. The molecule has 1 rings (SSSR count). The lowest BCUT2D eigenvalue weighted by Crippen LogP contribution is -2.45. The van der Waals surface area contributed by atoms with Gasteiger partial charge in [-0.05, 0) is 51.5 Å². The number of ether oxygens (including phenoxy) is 1. The molecule has 1 N–H and O–H groups in total. The van der Waals surface area contributed by atoms with Gasteiger partial charge in [0.05, 0.1) is 17.9 Å². The smallest absolute Gasteiger partial charge is 0.307 e. The highest BCUT2D eigenvalue weighted by Gasteiger charge is 2.30. The number of esters is 1. The number of hydrogen-bond acceptors (Lipinski definition) is 4. The fraction of sp³-hybridized carbons (Fsp3) is 0.500. The summed E-state index contributed by atoms with van der Waals surface area (Å²) in [4.78, 5) is 11.7. The Hall–Kier alpha value is -0.920. The number of carbonyl (C=O) groups is 1. The zero-order valence-corrected chi connectivity index (χ0v) is 15.0. The van der Waals surface area contributed by atoms with Gasteiger partial charge in [0.25, 0.3) is 0 Å². The van der Waals surface area contributed by atoms with Gasteiger partial charge in [-0.3, -0.25) is 4.79 Å². The van der Waals surface area contributed by atoms with Crippen LogP contribution in [-0.2, 0) is 19.6 Å². The van der Waals surface area contributed by atoms with Gasteiger partial charge >= 0.3 is 5.97 Å². The van der Waals surface area contributed by atoms with Gasteiger partial charge in [0.15, 0.2) is 0 Å². The number of rotatable bonds is 6. The molecule has 0 bridgehead atoms. The van der Waals surface area contributed by atoms with Gasteiger partial charge in [-0.2, -0.15) is 0 Å². The maximum Gasteiger partial charge on any atom is 0.307 e. The van der Waals surface area contributed by atoms with Crippen molar-refractivity contribution in [2.45, 2.75) is 44.6 Å². The molecule has 118 valence electrons. The topological polar surface area (TPSA) is 72.5 Å². The molecular weight excluding hydrogens is 358 g/mol. The minimum absolute atomic E-state index is 0.0321. The Bertz CT molecular complexity index is 626. The van der Waals surface area contributed by atoms with Crippen LogP contribution in [-0.4, -0.2) is 26.5 Å². The van der Waals surface area contributed by atoms with Crippen LogP contribution < -0.4 is 4.72 Å². The summed E-state index contributed by atoms with van der Waals surface area (Å²) in [6.07, 6.45) is -0.0321. The molecule has 1 aromatic rings. The van der Waals surface area contributed by atoms with Gasteiger partial charge in [-0.1, -0.05) is 15.9 Å². The Kier molecular flexibility index (Phi) is 5.95. The fourth-order valence-corrected chi connectivity index (χ4v) is 4.06. The molecule has 7 heteroatoms. The molecule has 21 heavy (non-hydrogen) atoms. The molecule has 0 aromatic heterocycles. The first-order chi connectivity index (χ1) is 9.57. The van der Waals surface area contributed by atoms with Crippen molar-refractivity contribution in [2.75, 3.05) is 6.61 Å². The molecule has 0 unspecified atom stereocenters. The quantitative estimate of drug-likeness (QED) is 0.773. The molecule has 0 saturated carbocycles. The summed E-state index contributed by atoms with van der Waals surface area (Å²) in [5.74, 6) is -0.433. The predicted octanol–water partition coefficient (Wildman–Crippen LogP) is 2.77. The number of hydrogen-bond donors (Lipinski definition) is 1. The van der Waals surface area contributed by atoms with E-state index < -0.39 is 21.5 Å². The van der Waals surface area contributed by atoms with Crippen LogP contribution in [0, 0.1) is 6.92 Å². The Morgan fingerprint density at radius 2 is 2.00 bits per heavy atom. The molecule has 0 atom stereocenters. The highest BCUT2D eigenvalue weighted by Crippen LogP contribution is 2.22. The van der Waals surface area contributed by atoms with Crippen LogP contribution in [0.4, 0.5) is 0 Å². The average Bonchev–Trinajstić information content (AvgIpc) is 2.25. The summed E-state index contributed by atoms with van der Waals surface area (Å²) < 4.78 is 33.1. The number of sulfonamides is 1. The second-order valence-electron chi connectivity index (χ2n) is 5.38.